The van der Waals surface area contributed by atoms with Crippen LogP contribution in [0.25, 0.3) is 16.5 Å². The Morgan fingerprint density at radius 1 is 0.912 bits per heavy atom. The number of likely N-dealkylation sites (tertiary alicyclic amines) is 1. The number of amides is 3. The number of benzene rings is 3. The molecule has 57 heavy (non-hydrogen) atoms. The number of anilines is 4. The van der Waals surface area contributed by atoms with E-state index >= 15 is 0 Å². The molecule has 0 saturated carbocycles. The lowest BCUT2D eigenvalue weighted by Crippen LogP contribution is -2.41. The van der Waals surface area contributed by atoms with Crippen LogP contribution in [0.1, 0.15) is 60.9 Å². The third-order valence-electron chi connectivity index (χ3n) is 9.65. The number of fused-ring (bicyclic) bond motifs is 1. The third kappa shape index (κ3) is 9.89. The van der Waals surface area contributed by atoms with Crippen LogP contribution >= 0.6 is 0 Å². The highest BCUT2D eigenvalue weighted by molar-refractivity contribution is 6.07. The Hall–Kier alpha value is -6.41. The smallest absolute Gasteiger partial charge is 0.324 e. The van der Waals surface area contributed by atoms with Crippen molar-refractivity contribution in [1.82, 2.24) is 34.9 Å². The average molecular weight is 771 g/mol. The molecule has 0 radical (unpaired) electrons. The largest absolute Gasteiger partial charge is 0.488 e. The van der Waals surface area contributed by atoms with Crippen LogP contribution < -0.4 is 26.0 Å². The van der Waals surface area contributed by atoms with Crippen LogP contribution in [-0.4, -0.2) is 73.9 Å². The first-order valence-corrected chi connectivity index (χ1v) is 19.1. The van der Waals surface area contributed by atoms with E-state index in [-0.39, 0.29) is 23.6 Å². The molecule has 3 aromatic carbocycles. The topological polar surface area (TPSA) is 151 Å². The van der Waals surface area contributed by atoms with Crippen LogP contribution in [0.15, 0.2) is 97.5 Å². The maximum Gasteiger partial charge on any atom is 0.324 e. The fourth-order valence-corrected chi connectivity index (χ4v) is 6.55. The monoisotopic (exact) mass is 770 g/mol. The van der Waals surface area contributed by atoms with Gasteiger partial charge in [-0.05, 0) is 68.3 Å². The van der Waals surface area contributed by atoms with E-state index in [9.17, 15) is 14.0 Å². The van der Waals surface area contributed by atoms with Crippen LogP contribution in [-0.2, 0) is 12.0 Å². The molecule has 4 heterocycles. The quantitative estimate of drug-likeness (QED) is 0.0972. The van der Waals surface area contributed by atoms with E-state index in [0.717, 1.165) is 46.2 Å². The van der Waals surface area contributed by atoms with E-state index < -0.39 is 12.2 Å². The molecule has 7 rings (SSSR count). The number of pyridine rings is 1. The Labute approximate surface area is 331 Å². The van der Waals surface area contributed by atoms with Gasteiger partial charge < -0.3 is 20.7 Å². The van der Waals surface area contributed by atoms with Crippen LogP contribution in [0, 0.1) is 6.92 Å². The van der Waals surface area contributed by atoms with Crippen molar-refractivity contribution in [2.24, 2.45) is 0 Å². The normalized spacial score (nSPS) is 14.6. The SMILES string of the molecule is Cc1ccc(-n2nc(C(C)(C)C)cc2NC(=O)Nc2ccc(OCc3ccnc(Nc4cnc(C(=O)NCCN5CCC[C@H](F)C5)cn4)c3)c3ccccc23)cc1. The molecule has 1 saturated heterocycles. The van der Waals surface area contributed by atoms with Crippen molar-refractivity contribution >= 4 is 45.9 Å². The number of hydrogen-bond acceptors (Lipinski definition) is 9. The predicted molar refractivity (Wildman–Crippen MR) is 220 cm³/mol. The van der Waals surface area contributed by atoms with Gasteiger partial charge in [0.1, 0.15) is 41.7 Å². The molecule has 4 N–H and O–H groups in total. The minimum Gasteiger partial charge on any atom is -0.488 e. The number of urea groups is 1. The molecule has 0 spiro atoms. The van der Waals surface area contributed by atoms with Crippen LogP contribution in [0.5, 0.6) is 5.75 Å². The van der Waals surface area contributed by atoms with E-state index in [2.05, 4.69) is 57.0 Å². The third-order valence-corrected chi connectivity index (χ3v) is 9.65. The Kier molecular flexibility index (Phi) is 11.7. The molecule has 1 atom stereocenters. The van der Waals surface area contributed by atoms with E-state index in [4.69, 9.17) is 9.84 Å². The van der Waals surface area contributed by atoms with Crippen molar-refractivity contribution in [3.05, 3.63) is 120 Å². The van der Waals surface area contributed by atoms with Gasteiger partial charge in [0.25, 0.3) is 5.91 Å². The molecule has 14 heteroatoms. The van der Waals surface area contributed by atoms with Crippen molar-refractivity contribution in [3.63, 3.8) is 0 Å². The Morgan fingerprint density at radius 3 is 2.47 bits per heavy atom. The second-order valence-electron chi connectivity index (χ2n) is 15.2. The zero-order chi connectivity index (χ0) is 39.9. The molecule has 0 unspecified atom stereocenters. The van der Waals surface area contributed by atoms with Gasteiger partial charge in [0.05, 0.1) is 29.5 Å². The summed E-state index contributed by atoms with van der Waals surface area (Å²) < 4.78 is 21.7. The lowest BCUT2D eigenvalue weighted by molar-refractivity contribution is 0.0933. The molecule has 6 aromatic rings. The summed E-state index contributed by atoms with van der Waals surface area (Å²) in [6, 6.07) is 24.6. The molecule has 3 amide bonds. The zero-order valence-corrected chi connectivity index (χ0v) is 32.6. The number of aryl methyl sites for hydroxylation is 1. The predicted octanol–water partition coefficient (Wildman–Crippen LogP) is 7.95. The standard InChI is InChI=1S/C43H47FN10O3/c1-28-11-13-31(14-12-28)54-40(23-37(52-54)43(2,3)4)51-42(56)49-34-15-16-36(33-10-6-5-9-32(33)34)57-27-29-17-18-45-38(22-29)50-39-25-47-35(24-48-39)41(55)46-19-21-53-20-7-8-30(44)26-53/h5-6,9-18,22-25,30H,7-8,19-21,26-27H2,1-4H3,(H,46,55)(H,45,48,50)(H2,49,51,56)/t30-/m0/s1. The van der Waals surface area contributed by atoms with Crippen LogP contribution in [0.3, 0.4) is 0 Å². The number of carbonyl (C=O) groups is 2. The van der Waals surface area contributed by atoms with Gasteiger partial charge in [-0.3, -0.25) is 15.0 Å². The second-order valence-corrected chi connectivity index (χ2v) is 15.2. The number of rotatable bonds is 12. The number of alkyl halides is 1. The second kappa shape index (κ2) is 17.2. The average Bonchev–Trinajstić information content (AvgIpc) is 3.62. The molecule has 0 bridgehead atoms. The summed E-state index contributed by atoms with van der Waals surface area (Å²) >= 11 is 0. The molecule has 294 valence electrons. The molecule has 13 nitrogen and oxygen atoms in total. The zero-order valence-electron chi connectivity index (χ0n) is 32.6. The van der Waals surface area contributed by atoms with E-state index in [1.165, 1.54) is 12.4 Å². The summed E-state index contributed by atoms with van der Waals surface area (Å²) in [6.07, 6.45) is 5.18. The van der Waals surface area contributed by atoms with Crippen LogP contribution in [0.4, 0.5) is 32.3 Å². The van der Waals surface area contributed by atoms with Crippen molar-refractivity contribution in [1.29, 1.82) is 0 Å². The maximum atomic E-state index is 13.6. The summed E-state index contributed by atoms with van der Waals surface area (Å²) in [5.41, 5.74) is 4.28. The fraction of sp³-hybridized carbons (Fsp3) is 0.302. The van der Waals surface area contributed by atoms with E-state index in [1.807, 2.05) is 90.7 Å². The minimum atomic E-state index is -0.802. The highest BCUT2D eigenvalue weighted by Gasteiger charge is 2.22. The van der Waals surface area contributed by atoms with E-state index in [0.29, 0.717) is 54.9 Å². The van der Waals surface area contributed by atoms with Gasteiger partial charge in [-0.1, -0.05) is 62.7 Å². The lowest BCUT2D eigenvalue weighted by Gasteiger charge is -2.28. The highest BCUT2D eigenvalue weighted by atomic mass is 19.1. The van der Waals surface area contributed by atoms with Gasteiger partial charge in [-0.25, -0.2) is 28.8 Å². The van der Waals surface area contributed by atoms with Gasteiger partial charge in [0.15, 0.2) is 0 Å². The molecule has 1 fully saturated rings. The Balaban J connectivity index is 0.966. The molecule has 3 aromatic heterocycles. The summed E-state index contributed by atoms with van der Waals surface area (Å²) in [6.45, 7) is 10.8. The number of hydrogen-bond donors (Lipinski definition) is 4. The first-order chi connectivity index (χ1) is 27.5. The van der Waals surface area contributed by atoms with Gasteiger partial charge in [0.2, 0.25) is 0 Å². The first-order valence-electron chi connectivity index (χ1n) is 19.1. The van der Waals surface area contributed by atoms with Crippen molar-refractivity contribution in [3.8, 4) is 11.4 Å². The van der Waals surface area contributed by atoms with Crippen molar-refractivity contribution < 1.29 is 18.7 Å². The number of aromatic nitrogens is 5. The highest BCUT2D eigenvalue weighted by Crippen LogP contribution is 2.33. The minimum absolute atomic E-state index is 0.187. The number of nitrogens with zero attached hydrogens (tertiary/aromatic N) is 6. The van der Waals surface area contributed by atoms with Crippen LogP contribution in [0.2, 0.25) is 0 Å². The molecule has 1 aliphatic heterocycles. The first kappa shape index (κ1) is 38.8. The summed E-state index contributed by atoms with van der Waals surface area (Å²) in [5.74, 6) is 1.83. The Bertz CT molecular complexity index is 2340. The maximum absolute atomic E-state index is 13.6. The molecule has 1 aliphatic rings. The molecular formula is C43H47FN10O3. The van der Waals surface area contributed by atoms with Gasteiger partial charge in [-0.2, -0.15) is 5.10 Å². The molecular weight excluding hydrogens is 724 g/mol. The van der Waals surface area contributed by atoms with E-state index in [1.54, 1.807) is 10.9 Å². The Morgan fingerprint density at radius 2 is 1.72 bits per heavy atom. The van der Waals surface area contributed by atoms with Gasteiger partial charge in [-0.15, -0.1) is 0 Å². The fourth-order valence-electron chi connectivity index (χ4n) is 6.55. The number of ether oxygens (including phenoxy) is 1. The summed E-state index contributed by atoms with van der Waals surface area (Å²) in [7, 11) is 0. The number of carbonyl (C=O) groups excluding carboxylic acids is 2. The lowest BCUT2D eigenvalue weighted by atomic mass is 9.92. The number of nitrogens with one attached hydrogen (secondary N) is 4. The summed E-state index contributed by atoms with van der Waals surface area (Å²) in [4.78, 5) is 41.1. The number of piperidine rings is 1. The van der Waals surface area contributed by atoms with Crippen molar-refractivity contribution in [2.75, 3.05) is 42.1 Å². The summed E-state index contributed by atoms with van der Waals surface area (Å²) in [5, 5.41) is 18.5. The van der Waals surface area contributed by atoms with Crippen molar-refractivity contribution in [2.45, 2.75) is 58.7 Å². The number of halogens is 1. The van der Waals surface area contributed by atoms with Gasteiger partial charge >= 0.3 is 6.03 Å². The van der Waals surface area contributed by atoms with Gasteiger partial charge in [0, 0.05) is 48.1 Å². The molecule has 0 aliphatic carbocycles.